The van der Waals surface area contributed by atoms with Crippen molar-refractivity contribution in [2.24, 2.45) is 0 Å². The second-order valence-electron chi connectivity index (χ2n) is 2.70. The molecule has 0 bridgehead atoms. The molecule has 0 N–H and O–H groups in total. The Morgan fingerprint density at radius 3 is 2.44 bits per heavy atom. The Kier molecular flexibility index (Phi) is 5.48. The first-order chi connectivity index (χ1) is 7.57. The van der Waals surface area contributed by atoms with Crippen LogP contribution in [-0.4, -0.2) is 18.0 Å². The van der Waals surface area contributed by atoms with Crippen LogP contribution in [0.3, 0.4) is 0 Å². The molecule has 0 aliphatic heterocycles. The zero-order valence-corrected chi connectivity index (χ0v) is 9.23. The number of carbonyl (C=O) groups is 1. The van der Waals surface area contributed by atoms with Gasteiger partial charge in [-0.25, -0.2) is 4.79 Å². The number of hydrogen-bond donors (Lipinski definition) is 0. The second-order valence-corrected chi connectivity index (χ2v) is 2.70. The van der Waals surface area contributed by atoms with E-state index in [1.54, 1.807) is 0 Å². The number of carbonyl (C=O) groups excluding carboxylic acids is 1. The van der Waals surface area contributed by atoms with Gasteiger partial charge in [0.25, 0.3) is 5.69 Å². The average molecular weight is 223 g/mol. The van der Waals surface area contributed by atoms with Crippen LogP contribution in [0.4, 0.5) is 5.69 Å². The highest BCUT2D eigenvalue weighted by molar-refractivity contribution is 5.92. The molecule has 0 aromatic heterocycles. The van der Waals surface area contributed by atoms with Gasteiger partial charge in [-0.15, -0.1) is 13.2 Å². The van der Waals surface area contributed by atoms with Gasteiger partial charge in [-0.1, -0.05) is 6.07 Å². The minimum absolute atomic E-state index is 0.0760. The molecule has 1 rings (SSSR count). The maximum absolute atomic E-state index is 11.2. The number of ether oxygens (including phenoxy) is 1. The summed E-state index contributed by atoms with van der Waals surface area (Å²) < 4.78 is 4.49. The fourth-order valence-electron chi connectivity index (χ4n) is 1.15. The lowest BCUT2D eigenvalue weighted by atomic mass is 10.1. The minimum atomic E-state index is -0.564. The molecule has 0 atom stereocenters. The smallest absolute Gasteiger partial charge is 0.338 e. The van der Waals surface area contributed by atoms with Gasteiger partial charge in [0.2, 0.25) is 0 Å². The molecule has 0 spiro atoms. The lowest BCUT2D eigenvalue weighted by Gasteiger charge is -2.03. The van der Waals surface area contributed by atoms with Crippen molar-refractivity contribution in [3.8, 4) is 0 Å². The fraction of sp³-hybridized carbons (Fsp3) is 0.182. The molecule has 0 heterocycles. The third-order valence-corrected chi connectivity index (χ3v) is 1.91. The van der Waals surface area contributed by atoms with Crippen LogP contribution in [0.2, 0.25) is 0 Å². The van der Waals surface area contributed by atoms with Crippen LogP contribution in [0.5, 0.6) is 0 Å². The maximum Gasteiger partial charge on any atom is 0.338 e. The van der Waals surface area contributed by atoms with E-state index < -0.39 is 10.9 Å². The van der Waals surface area contributed by atoms with Crippen LogP contribution in [0, 0.1) is 17.0 Å². The van der Waals surface area contributed by atoms with E-state index in [0.717, 1.165) is 0 Å². The minimum Gasteiger partial charge on any atom is -0.465 e. The van der Waals surface area contributed by atoms with Gasteiger partial charge in [0.15, 0.2) is 0 Å². The van der Waals surface area contributed by atoms with E-state index in [9.17, 15) is 14.9 Å². The number of nitro groups is 1. The number of benzene rings is 1. The van der Waals surface area contributed by atoms with Gasteiger partial charge < -0.3 is 4.74 Å². The van der Waals surface area contributed by atoms with E-state index in [1.165, 1.54) is 32.2 Å². The van der Waals surface area contributed by atoms with Crippen molar-refractivity contribution in [3.63, 3.8) is 0 Å². The zero-order chi connectivity index (χ0) is 12.7. The number of nitrogens with zero attached hydrogens (tertiary/aromatic N) is 1. The molecule has 0 fully saturated rings. The highest BCUT2D eigenvalue weighted by Gasteiger charge is 2.17. The molecule has 0 saturated heterocycles. The van der Waals surface area contributed by atoms with Gasteiger partial charge >= 0.3 is 5.97 Å². The van der Waals surface area contributed by atoms with Crippen molar-refractivity contribution in [3.05, 3.63) is 52.6 Å². The van der Waals surface area contributed by atoms with Crippen LogP contribution in [-0.2, 0) is 4.74 Å². The number of esters is 1. The van der Waals surface area contributed by atoms with E-state index in [2.05, 4.69) is 17.9 Å². The molecule has 0 saturated carbocycles. The second kappa shape index (κ2) is 6.34. The Labute approximate surface area is 93.5 Å². The molecular weight excluding hydrogens is 210 g/mol. The van der Waals surface area contributed by atoms with Crippen molar-refractivity contribution in [2.45, 2.75) is 6.92 Å². The summed E-state index contributed by atoms with van der Waals surface area (Å²) in [7, 11) is 1.24. The molecule has 0 aliphatic carbocycles. The Balaban J connectivity index is 0.00000106. The molecule has 1 aromatic carbocycles. The molecule has 86 valence electrons. The summed E-state index contributed by atoms with van der Waals surface area (Å²) in [6, 6.07) is 4.30. The van der Waals surface area contributed by atoms with Crippen LogP contribution < -0.4 is 0 Å². The molecule has 16 heavy (non-hydrogen) atoms. The van der Waals surface area contributed by atoms with E-state index in [4.69, 9.17) is 0 Å². The van der Waals surface area contributed by atoms with Crippen molar-refractivity contribution in [1.82, 2.24) is 0 Å². The van der Waals surface area contributed by atoms with E-state index in [1.807, 2.05) is 0 Å². The number of hydrogen-bond acceptors (Lipinski definition) is 4. The summed E-state index contributed by atoms with van der Waals surface area (Å²) in [6.45, 7) is 7.52. The summed E-state index contributed by atoms with van der Waals surface area (Å²) >= 11 is 0. The normalized spacial score (nSPS) is 8.62. The highest BCUT2D eigenvalue weighted by atomic mass is 16.6. The fourth-order valence-corrected chi connectivity index (χ4v) is 1.15. The van der Waals surface area contributed by atoms with E-state index >= 15 is 0 Å². The van der Waals surface area contributed by atoms with Crippen LogP contribution in [0.15, 0.2) is 31.4 Å². The molecule has 0 unspecified atom stereocenters. The van der Waals surface area contributed by atoms with Gasteiger partial charge in [0.05, 0.1) is 17.6 Å². The molecule has 0 radical (unpaired) electrons. The SMILES string of the molecule is C=C.COC(=O)c1cccc([N+](=O)[O-])c1C. The van der Waals surface area contributed by atoms with Crippen molar-refractivity contribution in [2.75, 3.05) is 7.11 Å². The van der Waals surface area contributed by atoms with Crippen molar-refractivity contribution >= 4 is 11.7 Å². The van der Waals surface area contributed by atoms with Gasteiger partial charge in [-0.3, -0.25) is 10.1 Å². The quantitative estimate of drug-likeness (QED) is 0.334. The third-order valence-electron chi connectivity index (χ3n) is 1.91. The number of rotatable bonds is 2. The number of nitro benzene ring substituents is 1. The molecule has 5 nitrogen and oxygen atoms in total. The number of methoxy groups -OCH3 is 1. The first-order valence-corrected chi connectivity index (χ1v) is 4.40. The highest BCUT2D eigenvalue weighted by Crippen LogP contribution is 2.21. The van der Waals surface area contributed by atoms with Gasteiger partial charge in [-0.05, 0) is 13.0 Å². The van der Waals surface area contributed by atoms with Gasteiger partial charge in [0.1, 0.15) is 0 Å². The molecular formula is C11H13NO4. The molecule has 0 amide bonds. The van der Waals surface area contributed by atoms with Gasteiger partial charge in [0, 0.05) is 11.6 Å². The predicted octanol–water partition coefficient (Wildman–Crippen LogP) is 2.49. The van der Waals surface area contributed by atoms with Crippen LogP contribution >= 0.6 is 0 Å². The Morgan fingerprint density at radius 2 is 2.00 bits per heavy atom. The summed E-state index contributed by atoms with van der Waals surface area (Å²) in [5.74, 6) is -0.564. The zero-order valence-electron chi connectivity index (χ0n) is 9.23. The van der Waals surface area contributed by atoms with Crippen molar-refractivity contribution in [1.29, 1.82) is 0 Å². The van der Waals surface area contributed by atoms with E-state index in [-0.39, 0.29) is 11.3 Å². The predicted molar refractivity (Wildman–Crippen MR) is 60.4 cm³/mol. The summed E-state index contributed by atoms with van der Waals surface area (Å²) in [4.78, 5) is 21.2. The van der Waals surface area contributed by atoms with Gasteiger partial charge in [-0.2, -0.15) is 0 Å². The third kappa shape index (κ3) is 2.91. The Hall–Kier alpha value is -2.17. The van der Waals surface area contributed by atoms with E-state index in [0.29, 0.717) is 5.56 Å². The lowest BCUT2D eigenvalue weighted by molar-refractivity contribution is -0.385. The molecule has 5 heteroatoms. The van der Waals surface area contributed by atoms with Crippen molar-refractivity contribution < 1.29 is 14.5 Å². The Bertz CT molecular complexity index is 401. The summed E-state index contributed by atoms with van der Waals surface area (Å²) in [5.41, 5.74) is 0.471. The topological polar surface area (TPSA) is 69.4 Å². The lowest BCUT2D eigenvalue weighted by Crippen LogP contribution is -2.05. The monoisotopic (exact) mass is 223 g/mol. The largest absolute Gasteiger partial charge is 0.465 e. The average Bonchev–Trinajstić information content (AvgIpc) is 2.30. The summed E-state index contributed by atoms with van der Waals surface area (Å²) in [5, 5.41) is 10.5. The molecule has 1 aromatic rings. The molecule has 0 aliphatic rings. The maximum atomic E-state index is 11.2. The summed E-state index contributed by atoms with van der Waals surface area (Å²) in [6.07, 6.45) is 0. The Morgan fingerprint density at radius 1 is 1.44 bits per heavy atom. The van der Waals surface area contributed by atoms with Crippen LogP contribution in [0.25, 0.3) is 0 Å². The first-order valence-electron chi connectivity index (χ1n) is 4.40. The first kappa shape index (κ1) is 13.8. The van der Waals surface area contributed by atoms with Crippen LogP contribution in [0.1, 0.15) is 15.9 Å². The standard InChI is InChI=1S/C9H9NO4.C2H4/c1-6-7(9(11)14-2)4-3-5-8(6)10(12)13;1-2/h3-5H,1-2H3;1-2H2.